The average molecular weight is 429 g/mol. The van der Waals surface area contributed by atoms with Crippen molar-refractivity contribution < 1.29 is 19.4 Å². The number of aryl methyl sites for hydroxylation is 2. The largest absolute Gasteiger partial charge is 0.481 e. The first-order chi connectivity index (χ1) is 12.8. The highest BCUT2D eigenvalue weighted by molar-refractivity contribution is 9.10. The summed E-state index contributed by atoms with van der Waals surface area (Å²) >= 11 is 3.29. The number of benzene rings is 2. The van der Waals surface area contributed by atoms with Crippen LogP contribution in [0.25, 0.3) is 6.08 Å². The average Bonchev–Trinajstić information content (AvgIpc) is 2.61. The highest BCUT2D eigenvalue weighted by Crippen LogP contribution is 2.27. The van der Waals surface area contributed by atoms with Crippen molar-refractivity contribution in [2.45, 2.75) is 13.8 Å². The third-order valence-electron chi connectivity index (χ3n) is 3.62. The van der Waals surface area contributed by atoms with Gasteiger partial charge in [0.15, 0.2) is 6.61 Å². The van der Waals surface area contributed by atoms with Gasteiger partial charge in [0.1, 0.15) is 17.4 Å². The molecule has 0 spiro atoms. The number of carbonyl (C=O) groups excluding carboxylic acids is 1. The minimum atomic E-state index is -1.08. The van der Waals surface area contributed by atoms with Crippen LogP contribution in [0, 0.1) is 25.2 Å². The summed E-state index contributed by atoms with van der Waals surface area (Å²) in [6.45, 7) is 3.33. The van der Waals surface area contributed by atoms with E-state index in [2.05, 4.69) is 21.2 Å². The molecule has 2 N–H and O–H groups in total. The number of nitrogens with one attached hydrogen (secondary N) is 1. The number of anilines is 1. The molecule has 0 saturated carbocycles. The van der Waals surface area contributed by atoms with Crippen molar-refractivity contribution in [1.29, 1.82) is 5.26 Å². The number of nitrogens with zero attached hydrogens (tertiary/aromatic N) is 1. The maximum absolute atomic E-state index is 12.4. The number of ether oxygens (including phenoxy) is 1. The first-order valence-corrected chi connectivity index (χ1v) is 8.74. The Bertz CT molecular complexity index is 961. The van der Waals surface area contributed by atoms with E-state index in [0.717, 1.165) is 11.1 Å². The molecule has 0 bridgehead atoms. The highest BCUT2D eigenvalue weighted by Gasteiger charge is 2.12. The van der Waals surface area contributed by atoms with Crippen LogP contribution in [0.4, 0.5) is 5.69 Å². The van der Waals surface area contributed by atoms with Gasteiger partial charge in [0.05, 0.1) is 4.47 Å². The summed E-state index contributed by atoms with van der Waals surface area (Å²) in [4.78, 5) is 23.0. The van der Waals surface area contributed by atoms with Crippen molar-refractivity contribution in [3.63, 3.8) is 0 Å². The number of aliphatic carboxylic acids is 1. The summed E-state index contributed by atoms with van der Waals surface area (Å²) in [5, 5.41) is 20.8. The first-order valence-electron chi connectivity index (χ1n) is 7.94. The molecule has 2 rings (SSSR count). The van der Waals surface area contributed by atoms with Crippen molar-refractivity contribution in [1.82, 2.24) is 0 Å². The second-order valence-electron chi connectivity index (χ2n) is 5.81. The fourth-order valence-electron chi connectivity index (χ4n) is 2.24. The molecule has 0 atom stereocenters. The molecular weight excluding hydrogens is 412 g/mol. The molecule has 0 saturated heterocycles. The Labute approximate surface area is 165 Å². The van der Waals surface area contributed by atoms with E-state index in [1.165, 1.54) is 6.08 Å². The van der Waals surface area contributed by atoms with Crippen molar-refractivity contribution >= 4 is 39.6 Å². The van der Waals surface area contributed by atoms with Crippen molar-refractivity contribution in [3.05, 3.63) is 63.1 Å². The Hall–Kier alpha value is -3.11. The van der Waals surface area contributed by atoms with Gasteiger partial charge in [-0.05, 0) is 70.7 Å². The van der Waals surface area contributed by atoms with Crippen LogP contribution in [0.1, 0.15) is 16.7 Å². The normalized spacial score (nSPS) is 10.8. The zero-order valence-electron chi connectivity index (χ0n) is 14.7. The van der Waals surface area contributed by atoms with Crippen LogP contribution in [-0.4, -0.2) is 23.6 Å². The smallest absolute Gasteiger partial charge is 0.341 e. The van der Waals surface area contributed by atoms with Gasteiger partial charge in [-0.3, -0.25) is 4.79 Å². The van der Waals surface area contributed by atoms with Crippen molar-refractivity contribution in [2.75, 3.05) is 11.9 Å². The molecule has 0 aliphatic carbocycles. The lowest BCUT2D eigenvalue weighted by Gasteiger charge is -2.09. The fraction of sp³-hybridized carbons (Fsp3) is 0.150. The number of hydrogen-bond acceptors (Lipinski definition) is 4. The zero-order valence-corrected chi connectivity index (χ0v) is 16.3. The lowest BCUT2D eigenvalue weighted by atomic mass is 10.1. The van der Waals surface area contributed by atoms with E-state index >= 15 is 0 Å². The number of nitriles is 1. The molecule has 0 aromatic heterocycles. The Kier molecular flexibility index (Phi) is 6.74. The van der Waals surface area contributed by atoms with E-state index in [-0.39, 0.29) is 5.57 Å². The third-order valence-corrected chi connectivity index (χ3v) is 4.24. The minimum absolute atomic E-state index is 0.0537. The zero-order chi connectivity index (χ0) is 20.0. The second kappa shape index (κ2) is 9.01. The number of amides is 1. The summed E-state index contributed by atoms with van der Waals surface area (Å²) in [6.07, 6.45) is 1.45. The van der Waals surface area contributed by atoms with Gasteiger partial charge in [0, 0.05) is 5.69 Å². The molecule has 0 unspecified atom stereocenters. The van der Waals surface area contributed by atoms with Crippen molar-refractivity contribution in [3.8, 4) is 11.8 Å². The summed E-state index contributed by atoms with van der Waals surface area (Å²) in [7, 11) is 0. The van der Waals surface area contributed by atoms with Crippen LogP contribution in [0.5, 0.6) is 5.75 Å². The van der Waals surface area contributed by atoms with Gasteiger partial charge in [-0.2, -0.15) is 5.26 Å². The summed E-state index contributed by atoms with van der Waals surface area (Å²) < 4.78 is 5.64. The topological polar surface area (TPSA) is 99.4 Å². The van der Waals surface area contributed by atoms with Crippen LogP contribution >= 0.6 is 15.9 Å². The number of rotatable bonds is 6. The van der Waals surface area contributed by atoms with Gasteiger partial charge < -0.3 is 15.2 Å². The van der Waals surface area contributed by atoms with E-state index < -0.39 is 18.5 Å². The van der Waals surface area contributed by atoms with E-state index in [0.29, 0.717) is 21.5 Å². The van der Waals surface area contributed by atoms with E-state index in [1.807, 2.05) is 38.1 Å². The maximum atomic E-state index is 12.4. The molecule has 138 valence electrons. The summed E-state index contributed by atoms with van der Waals surface area (Å²) in [6, 6.07) is 12.4. The number of carboxylic acid groups (broad SMARTS) is 1. The van der Waals surface area contributed by atoms with Crippen LogP contribution in [0.3, 0.4) is 0 Å². The van der Waals surface area contributed by atoms with Crippen LogP contribution in [-0.2, 0) is 9.59 Å². The molecule has 0 heterocycles. The van der Waals surface area contributed by atoms with Gasteiger partial charge >= 0.3 is 5.97 Å². The standard InChI is InChI=1S/C20H17BrN2O4/c1-12-3-4-13(2)17(7-12)23-20(26)15(10-22)8-14-5-6-18(16(21)9-14)27-11-19(24)25/h3-9H,11H2,1-2H3,(H,23,26)(H,24,25)/b15-8+. The van der Waals surface area contributed by atoms with Gasteiger partial charge in [-0.25, -0.2) is 4.79 Å². The lowest BCUT2D eigenvalue weighted by Crippen LogP contribution is -2.14. The van der Waals surface area contributed by atoms with Gasteiger partial charge in [-0.1, -0.05) is 18.2 Å². The molecule has 2 aromatic carbocycles. The van der Waals surface area contributed by atoms with Gasteiger partial charge in [-0.15, -0.1) is 0 Å². The monoisotopic (exact) mass is 428 g/mol. The highest BCUT2D eigenvalue weighted by atomic mass is 79.9. The van der Waals surface area contributed by atoms with E-state index in [9.17, 15) is 14.9 Å². The summed E-state index contributed by atoms with van der Waals surface area (Å²) in [5.41, 5.74) is 3.09. The molecule has 0 fully saturated rings. The van der Waals surface area contributed by atoms with Crippen LogP contribution in [0.2, 0.25) is 0 Å². The minimum Gasteiger partial charge on any atom is -0.481 e. The quantitative estimate of drug-likeness (QED) is 0.533. The Morgan fingerprint density at radius 3 is 2.63 bits per heavy atom. The second-order valence-corrected chi connectivity index (χ2v) is 6.67. The lowest BCUT2D eigenvalue weighted by molar-refractivity contribution is -0.139. The Morgan fingerprint density at radius 1 is 1.26 bits per heavy atom. The molecule has 7 heteroatoms. The molecule has 2 aromatic rings. The molecular formula is C20H17BrN2O4. The van der Waals surface area contributed by atoms with E-state index in [1.54, 1.807) is 18.2 Å². The van der Waals surface area contributed by atoms with Crippen LogP contribution < -0.4 is 10.1 Å². The van der Waals surface area contributed by atoms with Gasteiger partial charge in [0.2, 0.25) is 0 Å². The molecule has 27 heavy (non-hydrogen) atoms. The predicted molar refractivity (Wildman–Crippen MR) is 105 cm³/mol. The number of carboxylic acids is 1. The Morgan fingerprint density at radius 2 is 2.00 bits per heavy atom. The molecule has 0 radical (unpaired) electrons. The van der Waals surface area contributed by atoms with Crippen molar-refractivity contribution in [2.24, 2.45) is 0 Å². The molecule has 0 aliphatic rings. The maximum Gasteiger partial charge on any atom is 0.341 e. The van der Waals surface area contributed by atoms with E-state index in [4.69, 9.17) is 9.84 Å². The summed E-state index contributed by atoms with van der Waals surface area (Å²) in [5.74, 6) is -1.23. The van der Waals surface area contributed by atoms with Gasteiger partial charge in [0.25, 0.3) is 5.91 Å². The first kappa shape index (κ1) is 20.2. The number of hydrogen-bond donors (Lipinski definition) is 2. The molecule has 6 nitrogen and oxygen atoms in total. The molecule has 0 aliphatic heterocycles. The third kappa shape index (κ3) is 5.69. The Balaban J connectivity index is 2.21. The predicted octanol–water partition coefficient (Wildman–Crippen LogP) is 4.08. The molecule has 1 amide bonds. The number of carbonyl (C=O) groups is 2. The number of halogens is 1. The fourth-order valence-corrected chi connectivity index (χ4v) is 2.75. The van der Waals surface area contributed by atoms with Crippen LogP contribution in [0.15, 0.2) is 46.4 Å². The SMILES string of the molecule is Cc1ccc(C)c(NC(=O)/C(C#N)=C/c2ccc(OCC(=O)O)c(Br)c2)c1.